The Hall–Kier alpha value is -2.20. The number of rotatable bonds is 6. The molecule has 0 amide bonds. The van der Waals surface area contributed by atoms with Crippen molar-refractivity contribution >= 4 is 23.3 Å². The van der Waals surface area contributed by atoms with E-state index in [-0.39, 0.29) is 30.8 Å². The molecular weight excluding hydrogens is 528 g/mol. The Balaban J connectivity index is 1.78. The normalized spacial score (nSPS) is 41.7. The number of fused-ring (bicyclic) bond motifs is 5. The summed E-state index contributed by atoms with van der Waals surface area (Å²) in [5, 5.41) is 45.0. The van der Waals surface area contributed by atoms with Crippen molar-refractivity contribution in [3.8, 4) is 0 Å². The highest BCUT2D eigenvalue weighted by Crippen LogP contribution is 2.74. The summed E-state index contributed by atoms with van der Waals surface area (Å²) in [6.07, 6.45) is 2.64. The van der Waals surface area contributed by atoms with Crippen molar-refractivity contribution in [1.29, 1.82) is 0 Å². The van der Waals surface area contributed by atoms with E-state index in [2.05, 4.69) is 0 Å². The smallest absolute Gasteiger partial charge is 0.303 e. The number of hydrogen-bond donors (Lipinski definition) is 4. The zero-order valence-corrected chi connectivity index (χ0v) is 25.5. The fourth-order valence-corrected chi connectivity index (χ4v) is 9.43. The van der Waals surface area contributed by atoms with E-state index in [9.17, 15) is 39.6 Å². The Morgan fingerprint density at radius 1 is 1.10 bits per heavy atom. The van der Waals surface area contributed by atoms with Gasteiger partial charge in [0, 0.05) is 37.0 Å². The van der Waals surface area contributed by atoms with Crippen LogP contribution in [0.5, 0.6) is 0 Å². The van der Waals surface area contributed by atoms with Crippen LogP contribution in [0.4, 0.5) is 0 Å². The standard InChI is InChI=1S/C32H46O9/c1-17(34)41-27(2,3)12-11-23(37)31(8,40)25-21(36)14-29(6)22-10-9-18-19(13-20(35)26(39)28(18,4)5)32(22,16-33)24(38)15-30(25,29)7/h9,11-12,19,21-22,25-26,33,36,39-40H,10,13-16H2,1-8H3/b12-11+/t19-,21-,22+,25+,26-,29+,30-,31?,32+/m1/s1. The molecule has 0 aromatic carbocycles. The summed E-state index contributed by atoms with van der Waals surface area (Å²) < 4.78 is 5.22. The number of aliphatic hydroxyl groups is 4. The first-order chi connectivity index (χ1) is 18.6. The van der Waals surface area contributed by atoms with Crippen LogP contribution in [0.3, 0.4) is 0 Å². The molecule has 4 rings (SSSR count). The van der Waals surface area contributed by atoms with Gasteiger partial charge in [-0.2, -0.15) is 0 Å². The molecule has 1 unspecified atom stereocenters. The van der Waals surface area contributed by atoms with Crippen LogP contribution >= 0.6 is 0 Å². The van der Waals surface area contributed by atoms with Gasteiger partial charge >= 0.3 is 5.97 Å². The average Bonchev–Trinajstić information content (AvgIpc) is 3.05. The predicted octanol–water partition coefficient (Wildman–Crippen LogP) is 2.47. The highest BCUT2D eigenvalue weighted by Gasteiger charge is 2.75. The number of ether oxygens (including phenoxy) is 1. The molecule has 0 heterocycles. The van der Waals surface area contributed by atoms with Crippen LogP contribution in [0.25, 0.3) is 0 Å². The number of allylic oxidation sites excluding steroid dienone is 1. The molecule has 9 heteroatoms. The molecule has 0 bridgehead atoms. The van der Waals surface area contributed by atoms with Crippen LogP contribution < -0.4 is 0 Å². The lowest BCUT2D eigenvalue weighted by molar-refractivity contribution is -0.191. The summed E-state index contributed by atoms with van der Waals surface area (Å²) >= 11 is 0. The maximum atomic E-state index is 14.4. The van der Waals surface area contributed by atoms with Crippen LogP contribution in [0.2, 0.25) is 0 Å². The van der Waals surface area contributed by atoms with Gasteiger partial charge in [0.1, 0.15) is 23.1 Å². The monoisotopic (exact) mass is 574 g/mol. The first kappa shape index (κ1) is 31.7. The number of hydrogen-bond acceptors (Lipinski definition) is 9. The first-order valence-corrected chi connectivity index (χ1v) is 14.5. The van der Waals surface area contributed by atoms with Crippen molar-refractivity contribution < 1.29 is 44.3 Å². The molecular formula is C32H46O9. The number of esters is 1. The summed E-state index contributed by atoms with van der Waals surface area (Å²) in [5.41, 5.74) is -6.35. The van der Waals surface area contributed by atoms with Crippen molar-refractivity contribution in [2.45, 2.75) is 104 Å². The average molecular weight is 575 g/mol. The molecule has 4 aliphatic carbocycles. The molecule has 0 spiro atoms. The Bertz CT molecular complexity index is 1230. The minimum Gasteiger partial charge on any atom is -0.456 e. The van der Waals surface area contributed by atoms with Gasteiger partial charge in [-0.3, -0.25) is 19.2 Å². The van der Waals surface area contributed by atoms with Gasteiger partial charge in [-0.15, -0.1) is 0 Å². The third-order valence-electron chi connectivity index (χ3n) is 11.6. The molecule has 0 aromatic rings. The molecule has 228 valence electrons. The quantitative estimate of drug-likeness (QED) is 0.212. The summed E-state index contributed by atoms with van der Waals surface area (Å²) in [6.45, 7) is 12.7. The van der Waals surface area contributed by atoms with Crippen molar-refractivity contribution in [1.82, 2.24) is 0 Å². The Morgan fingerprint density at radius 3 is 2.27 bits per heavy atom. The summed E-state index contributed by atoms with van der Waals surface area (Å²) in [5.74, 6) is -3.89. The van der Waals surface area contributed by atoms with Crippen LogP contribution in [-0.4, -0.2) is 73.8 Å². The number of carbonyl (C=O) groups is 4. The van der Waals surface area contributed by atoms with Crippen molar-refractivity contribution in [2.24, 2.45) is 39.4 Å². The maximum absolute atomic E-state index is 14.4. The third-order valence-corrected chi connectivity index (χ3v) is 11.6. The molecule has 9 atom stereocenters. The second kappa shape index (κ2) is 9.66. The maximum Gasteiger partial charge on any atom is 0.303 e. The molecule has 4 aliphatic rings. The Labute approximate surface area is 242 Å². The van der Waals surface area contributed by atoms with Gasteiger partial charge in [0.25, 0.3) is 0 Å². The van der Waals surface area contributed by atoms with E-state index >= 15 is 0 Å². The molecule has 0 aliphatic heterocycles. The highest BCUT2D eigenvalue weighted by molar-refractivity contribution is 5.97. The van der Waals surface area contributed by atoms with E-state index in [4.69, 9.17) is 4.74 Å². The second-order valence-electron chi connectivity index (χ2n) is 14.7. The summed E-state index contributed by atoms with van der Waals surface area (Å²) in [6, 6.07) is 0. The molecule has 0 aromatic heterocycles. The molecule has 41 heavy (non-hydrogen) atoms. The minimum absolute atomic E-state index is 0.0584. The Kier molecular flexibility index (Phi) is 7.47. The fourth-order valence-electron chi connectivity index (χ4n) is 9.43. The third kappa shape index (κ3) is 4.33. The van der Waals surface area contributed by atoms with Crippen molar-refractivity contribution in [3.63, 3.8) is 0 Å². The lowest BCUT2D eigenvalue weighted by atomic mass is 9.38. The number of ketones is 3. The SMILES string of the molecule is CC(=O)OC(C)(C)/C=C/C(=O)C(C)(O)[C@H]1[C@H](O)C[C@@]2(C)[C@@H]3CC=C4[C@@H](CC(=O)[C@@H](O)C4(C)C)[C@]3(CO)C(=O)C[C@]12C. The van der Waals surface area contributed by atoms with Gasteiger partial charge in [0.05, 0.1) is 18.1 Å². The van der Waals surface area contributed by atoms with Gasteiger partial charge in [0.15, 0.2) is 11.6 Å². The van der Waals surface area contributed by atoms with Crippen LogP contribution in [0.15, 0.2) is 23.8 Å². The Morgan fingerprint density at radius 2 is 1.71 bits per heavy atom. The fraction of sp³-hybridized carbons (Fsp3) is 0.750. The largest absolute Gasteiger partial charge is 0.456 e. The molecule has 0 radical (unpaired) electrons. The topological polar surface area (TPSA) is 158 Å². The van der Waals surface area contributed by atoms with Crippen LogP contribution in [0, 0.1) is 39.4 Å². The molecule has 9 nitrogen and oxygen atoms in total. The zero-order chi connectivity index (χ0) is 31.1. The van der Waals surface area contributed by atoms with E-state index in [1.54, 1.807) is 27.7 Å². The van der Waals surface area contributed by atoms with Crippen LogP contribution in [0.1, 0.15) is 81.1 Å². The van der Waals surface area contributed by atoms with E-state index in [1.807, 2.05) is 19.9 Å². The first-order valence-electron chi connectivity index (χ1n) is 14.5. The van der Waals surface area contributed by atoms with Gasteiger partial charge in [-0.05, 0) is 62.5 Å². The van der Waals surface area contributed by atoms with E-state index in [0.29, 0.717) is 6.42 Å². The van der Waals surface area contributed by atoms with Crippen LogP contribution in [-0.2, 0) is 23.9 Å². The molecule has 0 saturated heterocycles. The molecule has 4 N–H and O–H groups in total. The number of aliphatic hydroxyl groups excluding tert-OH is 3. The highest BCUT2D eigenvalue weighted by atomic mass is 16.6. The lowest BCUT2D eigenvalue weighted by Gasteiger charge is -2.64. The van der Waals surface area contributed by atoms with Crippen molar-refractivity contribution in [2.75, 3.05) is 6.61 Å². The second-order valence-corrected chi connectivity index (χ2v) is 14.7. The van der Waals surface area contributed by atoms with Gasteiger partial charge < -0.3 is 25.2 Å². The van der Waals surface area contributed by atoms with Crippen molar-refractivity contribution in [3.05, 3.63) is 23.8 Å². The predicted molar refractivity (Wildman–Crippen MR) is 149 cm³/mol. The van der Waals surface area contributed by atoms with Gasteiger partial charge in [-0.1, -0.05) is 39.3 Å². The number of Topliss-reactive ketones (excluding diaryl/α,β-unsaturated/α-hetero) is 2. The molecule has 3 saturated carbocycles. The lowest BCUT2D eigenvalue weighted by Crippen LogP contribution is -2.67. The summed E-state index contributed by atoms with van der Waals surface area (Å²) in [4.78, 5) is 52.2. The van der Waals surface area contributed by atoms with E-state index < -0.39 is 81.2 Å². The number of carbonyl (C=O) groups excluding carboxylic acids is 4. The van der Waals surface area contributed by atoms with Gasteiger partial charge in [-0.25, -0.2) is 0 Å². The van der Waals surface area contributed by atoms with E-state index in [0.717, 1.165) is 11.6 Å². The minimum atomic E-state index is -2.06. The summed E-state index contributed by atoms with van der Waals surface area (Å²) in [7, 11) is 0. The van der Waals surface area contributed by atoms with Gasteiger partial charge in [0.2, 0.25) is 0 Å². The zero-order valence-electron chi connectivity index (χ0n) is 25.5. The van der Waals surface area contributed by atoms with E-state index in [1.165, 1.54) is 19.9 Å². The molecule has 3 fully saturated rings.